The zero-order valence-electron chi connectivity index (χ0n) is 13.1. The maximum atomic E-state index is 11.0. The van der Waals surface area contributed by atoms with Crippen molar-refractivity contribution in [1.29, 1.82) is 0 Å². The number of carboxylic acids is 1. The van der Waals surface area contributed by atoms with E-state index in [1.807, 2.05) is 0 Å². The van der Waals surface area contributed by atoms with Gasteiger partial charge in [-0.1, -0.05) is 11.6 Å². The van der Waals surface area contributed by atoms with E-state index in [2.05, 4.69) is 28.9 Å². The van der Waals surface area contributed by atoms with Gasteiger partial charge in [-0.2, -0.15) is 0 Å². The topological polar surface area (TPSA) is 56.7 Å². The van der Waals surface area contributed by atoms with Crippen LogP contribution in [0.5, 0.6) is 0 Å². The molecule has 23 heavy (non-hydrogen) atoms. The molecule has 3 rings (SSSR count). The Balaban J connectivity index is 0.00000132. The fourth-order valence-corrected chi connectivity index (χ4v) is 3.58. The summed E-state index contributed by atoms with van der Waals surface area (Å²) in [6.45, 7) is 1.85. The van der Waals surface area contributed by atoms with E-state index in [1.54, 1.807) is 0 Å². The molecular weight excluding hydrogens is 361 g/mol. The van der Waals surface area contributed by atoms with Crippen LogP contribution in [0.4, 0.5) is 5.82 Å². The lowest BCUT2D eigenvalue weighted by Gasteiger charge is -2.24. The van der Waals surface area contributed by atoms with E-state index >= 15 is 0 Å². The SMILES string of the molecule is CN(C)[C@H]1CN(c2ncc(C(=O)O)cc2Cl)C[C@@H]1C1CC1.Cl.Cl. The van der Waals surface area contributed by atoms with Crippen LogP contribution in [0.25, 0.3) is 0 Å². The lowest BCUT2D eigenvalue weighted by molar-refractivity contribution is 0.0696. The zero-order chi connectivity index (χ0) is 15.1. The van der Waals surface area contributed by atoms with E-state index in [-0.39, 0.29) is 30.4 Å². The van der Waals surface area contributed by atoms with E-state index in [4.69, 9.17) is 16.7 Å². The van der Waals surface area contributed by atoms with Crippen molar-refractivity contribution in [3.05, 3.63) is 22.8 Å². The Morgan fingerprint density at radius 2 is 2.00 bits per heavy atom. The summed E-state index contributed by atoms with van der Waals surface area (Å²) in [6, 6.07) is 2.00. The second-order valence-corrected chi connectivity index (χ2v) is 6.68. The van der Waals surface area contributed by atoms with Crippen molar-refractivity contribution >= 4 is 48.2 Å². The van der Waals surface area contributed by atoms with Gasteiger partial charge in [0.2, 0.25) is 0 Å². The molecule has 0 radical (unpaired) electrons. The molecule has 130 valence electrons. The number of pyridine rings is 1. The summed E-state index contributed by atoms with van der Waals surface area (Å²) in [6.07, 6.45) is 4.03. The molecule has 5 nitrogen and oxygen atoms in total. The number of rotatable bonds is 4. The number of hydrogen-bond donors (Lipinski definition) is 1. The minimum atomic E-state index is -1.00. The van der Waals surface area contributed by atoms with Gasteiger partial charge in [-0.25, -0.2) is 9.78 Å². The van der Waals surface area contributed by atoms with Gasteiger partial charge >= 0.3 is 5.97 Å². The Morgan fingerprint density at radius 1 is 1.35 bits per heavy atom. The summed E-state index contributed by atoms with van der Waals surface area (Å²) in [5.41, 5.74) is 0.130. The first-order valence-electron chi connectivity index (χ1n) is 7.27. The highest BCUT2D eigenvalue weighted by Gasteiger charge is 2.43. The molecule has 0 bridgehead atoms. The van der Waals surface area contributed by atoms with Gasteiger partial charge in [0.25, 0.3) is 0 Å². The summed E-state index contributed by atoms with van der Waals surface area (Å²) in [5, 5.41) is 9.40. The number of carboxylic acid groups (broad SMARTS) is 1. The summed E-state index contributed by atoms with van der Waals surface area (Å²) >= 11 is 6.24. The lowest BCUT2D eigenvalue weighted by Crippen LogP contribution is -2.36. The van der Waals surface area contributed by atoms with Crippen molar-refractivity contribution in [3.63, 3.8) is 0 Å². The van der Waals surface area contributed by atoms with E-state index in [9.17, 15) is 4.79 Å². The van der Waals surface area contributed by atoms with Crippen LogP contribution < -0.4 is 4.90 Å². The maximum Gasteiger partial charge on any atom is 0.337 e. The predicted octanol–water partition coefficient (Wildman–Crippen LogP) is 3.05. The molecule has 2 fully saturated rings. The van der Waals surface area contributed by atoms with Crippen molar-refractivity contribution in [2.75, 3.05) is 32.1 Å². The van der Waals surface area contributed by atoms with Crippen LogP contribution in [-0.4, -0.2) is 54.2 Å². The van der Waals surface area contributed by atoms with Crippen molar-refractivity contribution in [2.45, 2.75) is 18.9 Å². The highest BCUT2D eigenvalue weighted by molar-refractivity contribution is 6.33. The molecule has 0 spiro atoms. The molecule has 8 heteroatoms. The average Bonchev–Trinajstić information content (AvgIpc) is 3.17. The monoisotopic (exact) mass is 381 g/mol. The number of nitrogens with zero attached hydrogens (tertiary/aromatic N) is 3. The van der Waals surface area contributed by atoms with Gasteiger partial charge in [-0.05, 0) is 44.8 Å². The number of carbonyl (C=O) groups is 1. The minimum Gasteiger partial charge on any atom is -0.478 e. The summed E-state index contributed by atoms with van der Waals surface area (Å²) < 4.78 is 0. The van der Waals surface area contributed by atoms with Crippen LogP contribution >= 0.6 is 36.4 Å². The molecule has 0 unspecified atom stereocenters. The van der Waals surface area contributed by atoms with Crippen molar-refractivity contribution in [1.82, 2.24) is 9.88 Å². The van der Waals surface area contributed by atoms with Crippen LogP contribution in [0.15, 0.2) is 12.3 Å². The predicted molar refractivity (Wildman–Crippen MR) is 96.6 cm³/mol. The smallest absolute Gasteiger partial charge is 0.337 e. The normalized spacial score (nSPS) is 23.4. The molecule has 2 heterocycles. The quantitative estimate of drug-likeness (QED) is 0.867. The first-order chi connectivity index (χ1) is 9.97. The molecule has 1 aliphatic carbocycles. The van der Waals surface area contributed by atoms with Gasteiger partial charge < -0.3 is 14.9 Å². The Morgan fingerprint density at radius 3 is 2.48 bits per heavy atom. The molecule has 0 amide bonds. The first kappa shape index (κ1) is 20.3. The van der Waals surface area contributed by atoms with Gasteiger partial charge in [-0.3, -0.25) is 0 Å². The van der Waals surface area contributed by atoms with Crippen molar-refractivity contribution < 1.29 is 9.90 Å². The molecule has 1 saturated carbocycles. The second kappa shape index (κ2) is 7.88. The maximum absolute atomic E-state index is 11.0. The lowest BCUT2D eigenvalue weighted by atomic mass is 9.97. The van der Waals surface area contributed by atoms with Gasteiger partial charge in [-0.15, -0.1) is 24.8 Å². The van der Waals surface area contributed by atoms with Crippen LogP contribution in [-0.2, 0) is 0 Å². The Bertz CT molecular complexity index is 557. The highest BCUT2D eigenvalue weighted by atomic mass is 35.5. The van der Waals surface area contributed by atoms with Crippen molar-refractivity contribution in [2.24, 2.45) is 11.8 Å². The number of aromatic carboxylic acids is 1. The fourth-order valence-electron chi connectivity index (χ4n) is 3.30. The van der Waals surface area contributed by atoms with Gasteiger partial charge in [0, 0.05) is 25.3 Å². The van der Waals surface area contributed by atoms with Gasteiger partial charge in [0.15, 0.2) is 0 Å². The third kappa shape index (κ3) is 4.21. The second-order valence-electron chi connectivity index (χ2n) is 6.27. The van der Waals surface area contributed by atoms with Crippen LogP contribution in [0, 0.1) is 11.8 Å². The number of aromatic nitrogens is 1. The number of likely N-dealkylation sites (N-methyl/N-ethyl adjacent to an activating group) is 1. The molecular formula is C15H22Cl3N3O2. The van der Waals surface area contributed by atoms with Gasteiger partial charge in [0.1, 0.15) is 5.82 Å². The number of anilines is 1. The highest BCUT2D eigenvalue weighted by Crippen LogP contribution is 2.43. The van der Waals surface area contributed by atoms with E-state index in [0.29, 0.717) is 22.8 Å². The van der Waals surface area contributed by atoms with E-state index in [0.717, 1.165) is 19.0 Å². The van der Waals surface area contributed by atoms with Crippen LogP contribution in [0.2, 0.25) is 5.02 Å². The molecule has 1 aromatic heterocycles. The average molecular weight is 383 g/mol. The zero-order valence-corrected chi connectivity index (χ0v) is 15.5. The molecule has 1 saturated heterocycles. The standard InChI is InChI=1S/C15H20ClN3O2.2ClH/c1-18(2)13-8-19(7-11(13)9-3-4-9)14-12(16)5-10(6-17-14)15(20)21;;/h5-6,9,11,13H,3-4,7-8H2,1-2H3,(H,20,21);2*1H/t11-,13+;;/m1../s1. The van der Waals surface area contributed by atoms with Crippen LogP contribution in [0.3, 0.4) is 0 Å². The fraction of sp³-hybridized carbons (Fsp3) is 0.600. The van der Waals surface area contributed by atoms with E-state index in [1.165, 1.54) is 25.1 Å². The summed E-state index contributed by atoms with van der Waals surface area (Å²) in [4.78, 5) is 19.7. The van der Waals surface area contributed by atoms with E-state index < -0.39 is 5.97 Å². The Kier molecular flexibility index (Phi) is 6.95. The first-order valence-corrected chi connectivity index (χ1v) is 7.65. The van der Waals surface area contributed by atoms with Crippen molar-refractivity contribution in [3.8, 4) is 0 Å². The summed E-state index contributed by atoms with van der Waals surface area (Å²) in [5.74, 6) is 1.17. The van der Waals surface area contributed by atoms with Crippen LogP contribution in [0.1, 0.15) is 23.2 Å². The minimum absolute atomic E-state index is 0. The Hall–Kier alpha value is -0.750. The molecule has 1 aliphatic heterocycles. The molecule has 1 aromatic rings. The van der Waals surface area contributed by atoms with Gasteiger partial charge in [0.05, 0.1) is 10.6 Å². The summed E-state index contributed by atoms with van der Waals surface area (Å²) in [7, 11) is 4.23. The third-order valence-electron chi connectivity index (χ3n) is 4.59. The third-order valence-corrected chi connectivity index (χ3v) is 4.87. The molecule has 0 aromatic carbocycles. The molecule has 1 N–H and O–H groups in total. The molecule has 2 atom stereocenters. The number of hydrogen-bond acceptors (Lipinski definition) is 4. The number of halogens is 3. The largest absolute Gasteiger partial charge is 0.478 e. The Labute approximate surface area is 153 Å². The molecule has 2 aliphatic rings.